The van der Waals surface area contributed by atoms with Crippen LogP contribution >= 0.6 is 0 Å². The highest BCUT2D eigenvalue weighted by molar-refractivity contribution is 5.93. The first kappa shape index (κ1) is 14.8. The minimum Gasteiger partial charge on any atom is -0.507 e. The Bertz CT molecular complexity index is 468. The molecular weight excluding hydrogens is 250 g/mol. The Balaban J connectivity index is 2.91. The van der Waals surface area contributed by atoms with Gasteiger partial charge in [-0.2, -0.15) is 0 Å². The molecule has 0 aliphatic carbocycles. The molecule has 6 nitrogen and oxygen atoms in total. The summed E-state index contributed by atoms with van der Waals surface area (Å²) >= 11 is 0. The number of amides is 1. The van der Waals surface area contributed by atoms with Gasteiger partial charge in [-0.15, -0.1) is 0 Å². The molecule has 0 radical (unpaired) electrons. The molecular formula is C13H17NO5. The van der Waals surface area contributed by atoms with Gasteiger partial charge in [0.25, 0.3) is 0 Å². The molecule has 104 valence electrons. The van der Waals surface area contributed by atoms with Crippen molar-refractivity contribution < 1.29 is 24.2 Å². The van der Waals surface area contributed by atoms with Crippen molar-refractivity contribution in [3.63, 3.8) is 0 Å². The number of rotatable bonds is 4. The second-order valence-electron chi connectivity index (χ2n) is 3.71. The van der Waals surface area contributed by atoms with E-state index in [0.717, 1.165) is 0 Å². The summed E-state index contributed by atoms with van der Waals surface area (Å²) < 4.78 is 9.63. The van der Waals surface area contributed by atoms with Crippen LogP contribution in [-0.4, -0.2) is 42.3 Å². The lowest BCUT2D eigenvalue weighted by molar-refractivity contribution is 0.0596. The summed E-state index contributed by atoms with van der Waals surface area (Å²) in [4.78, 5) is 24.6. The van der Waals surface area contributed by atoms with Crippen LogP contribution < -0.4 is 4.74 Å². The van der Waals surface area contributed by atoms with E-state index in [4.69, 9.17) is 4.74 Å². The van der Waals surface area contributed by atoms with Crippen molar-refractivity contribution in [2.24, 2.45) is 0 Å². The molecule has 0 atom stereocenters. The normalized spacial score (nSPS) is 9.84. The van der Waals surface area contributed by atoms with Gasteiger partial charge in [-0.05, 0) is 32.0 Å². The fraction of sp³-hybridized carbons (Fsp3) is 0.385. The molecule has 1 amide bonds. The molecule has 0 saturated heterocycles. The summed E-state index contributed by atoms with van der Waals surface area (Å²) in [6, 6.07) is 3.95. The summed E-state index contributed by atoms with van der Waals surface area (Å²) in [5, 5.41) is 9.52. The molecule has 0 unspecified atom stereocenters. The van der Waals surface area contributed by atoms with Crippen LogP contribution in [0.15, 0.2) is 18.2 Å². The summed E-state index contributed by atoms with van der Waals surface area (Å²) in [5.41, 5.74) is -0.0488. The van der Waals surface area contributed by atoms with Crippen molar-refractivity contribution in [3.05, 3.63) is 23.8 Å². The number of phenols is 1. The minimum absolute atomic E-state index is 0.0488. The van der Waals surface area contributed by atoms with Crippen LogP contribution in [0.4, 0.5) is 4.79 Å². The number of carbonyl (C=O) groups is 2. The topological polar surface area (TPSA) is 76.1 Å². The van der Waals surface area contributed by atoms with Crippen molar-refractivity contribution in [2.45, 2.75) is 13.8 Å². The van der Waals surface area contributed by atoms with Crippen molar-refractivity contribution in [1.82, 2.24) is 4.90 Å². The van der Waals surface area contributed by atoms with Gasteiger partial charge >= 0.3 is 12.1 Å². The molecule has 19 heavy (non-hydrogen) atoms. The highest BCUT2D eigenvalue weighted by atomic mass is 16.6. The number of esters is 1. The van der Waals surface area contributed by atoms with Crippen LogP contribution in [0.5, 0.6) is 11.5 Å². The number of benzene rings is 1. The summed E-state index contributed by atoms with van der Waals surface area (Å²) in [6.45, 7) is 4.72. The summed E-state index contributed by atoms with van der Waals surface area (Å²) in [6.07, 6.45) is -0.508. The van der Waals surface area contributed by atoms with E-state index in [1.54, 1.807) is 0 Å². The molecule has 0 bridgehead atoms. The highest BCUT2D eigenvalue weighted by Crippen LogP contribution is 2.24. The Labute approximate surface area is 111 Å². The molecule has 1 aromatic rings. The van der Waals surface area contributed by atoms with Crippen molar-refractivity contribution in [1.29, 1.82) is 0 Å². The SMILES string of the molecule is CCN(CC)C(=O)Oc1ccc(O)c(C(=O)OC)c1. The van der Waals surface area contributed by atoms with Gasteiger partial charge in [-0.1, -0.05) is 0 Å². The average Bonchev–Trinajstić information content (AvgIpc) is 2.41. The van der Waals surface area contributed by atoms with E-state index in [1.807, 2.05) is 13.8 Å². The Kier molecular flexibility index (Phi) is 5.17. The van der Waals surface area contributed by atoms with Crippen molar-refractivity contribution >= 4 is 12.1 Å². The molecule has 1 rings (SSSR count). The first-order valence-corrected chi connectivity index (χ1v) is 5.91. The Morgan fingerprint density at radius 2 is 1.89 bits per heavy atom. The predicted molar refractivity (Wildman–Crippen MR) is 68.4 cm³/mol. The second-order valence-corrected chi connectivity index (χ2v) is 3.71. The Morgan fingerprint density at radius 3 is 2.42 bits per heavy atom. The molecule has 1 N–H and O–H groups in total. The molecule has 0 fully saturated rings. The predicted octanol–water partition coefficient (Wildman–Crippen LogP) is 2.02. The standard InChI is InChI=1S/C13H17NO5/c1-4-14(5-2)13(17)19-9-6-7-11(15)10(8-9)12(16)18-3/h6-8,15H,4-5H2,1-3H3. The van der Waals surface area contributed by atoms with Crippen molar-refractivity contribution in [2.75, 3.05) is 20.2 Å². The van der Waals surface area contributed by atoms with E-state index in [9.17, 15) is 14.7 Å². The van der Waals surface area contributed by atoms with Gasteiger partial charge in [0.05, 0.1) is 7.11 Å². The van der Waals surface area contributed by atoms with Crippen LogP contribution in [0, 0.1) is 0 Å². The smallest absolute Gasteiger partial charge is 0.415 e. The number of methoxy groups -OCH3 is 1. The zero-order chi connectivity index (χ0) is 14.4. The van der Waals surface area contributed by atoms with E-state index in [2.05, 4.69) is 4.74 Å². The maximum absolute atomic E-state index is 11.7. The second kappa shape index (κ2) is 6.63. The molecule has 0 aliphatic heterocycles. The first-order valence-electron chi connectivity index (χ1n) is 5.91. The van der Waals surface area contributed by atoms with Gasteiger partial charge in [0.1, 0.15) is 17.1 Å². The van der Waals surface area contributed by atoms with E-state index >= 15 is 0 Å². The molecule has 1 aromatic carbocycles. The molecule has 0 heterocycles. The molecule has 0 aliphatic rings. The molecule has 0 saturated carbocycles. The Hall–Kier alpha value is -2.24. The molecule has 6 heteroatoms. The number of aromatic hydroxyl groups is 1. The van der Waals surface area contributed by atoms with Crippen LogP contribution in [0.25, 0.3) is 0 Å². The quantitative estimate of drug-likeness (QED) is 0.844. The van der Waals surface area contributed by atoms with Gasteiger partial charge < -0.3 is 19.5 Å². The summed E-state index contributed by atoms with van der Waals surface area (Å²) in [7, 11) is 1.20. The lowest BCUT2D eigenvalue weighted by atomic mass is 10.2. The number of phenolic OH excluding ortho intramolecular Hbond substituents is 1. The van der Waals surface area contributed by atoms with E-state index in [0.29, 0.717) is 13.1 Å². The third-order valence-corrected chi connectivity index (χ3v) is 2.60. The minimum atomic E-state index is -0.696. The molecule has 0 aromatic heterocycles. The average molecular weight is 267 g/mol. The fourth-order valence-electron chi connectivity index (χ4n) is 1.50. The van der Waals surface area contributed by atoms with Crippen LogP contribution in [0.1, 0.15) is 24.2 Å². The number of ether oxygens (including phenoxy) is 2. The van der Waals surface area contributed by atoms with Gasteiger partial charge in [-0.25, -0.2) is 9.59 Å². The van der Waals surface area contributed by atoms with Crippen LogP contribution in [-0.2, 0) is 4.74 Å². The van der Waals surface area contributed by atoms with Gasteiger partial charge in [0, 0.05) is 13.1 Å². The molecule has 0 spiro atoms. The lowest BCUT2D eigenvalue weighted by Gasteiger charge is -2.18. The van der Waals surface area contributed by atoms with Gasteiger partial charge in [0.2, 0.25) is 0 Å². The lowest BCUT2D eigenvalue weighted by Crippen LogP contribution is -2.33. The van der Waals surface area contributed by atoms with E-state index in [-0.39, 0.29) is 17.1 Å². The Morgan fingerprint density at radius 1 is 1.26 bits per heavy atom. The van der Waals surface area contributed by atoms with Gasteiger partial charge in [0.15, 0.2) is 0 Å². The fourth-order valence-corrected chi connectivity index (χ4v) is 1.50. The third-order valence-electron chi connectivity index (χ3n) is 2.60. The number of hydrogen-bond donors (Lipinski definition) is 1. The van der Waals surface area contributed by atoms with E-state index < -0.39 is 12.1 Å². The maximum atomic E-state index is 11.7. The number of hydrogen-bond acceptors (Lipinski definition) is 5. The zero-order valence-corrected chi connectivity index (χ0v) is 11.2. The van der Waals surface area contributed by atoms with Crippen LogP contribution in [0.3, 0.4) is 0 Å². The number of nitrogens with zero attached hydrogens (tertiary/aromatic N) is 1. The van der Waals surface area contributed by atoms with Crippen molar-refractivity contribution in [3.8, 4) is 11.5 Å². The monoisotopic (exact) mass is 267 g/mol. The number of carbonyl (C=O) groups excluding carboxylic acids is 2. The van der Waals surface area contributed by atoms with Gasteiger partial charge in [-0.3, -0.25) is 0 Å². The third kappa shape index (κ3) is 3.61. The maximum Gasteiger partial charge on any atom is 0.415 e. The summed E-state index contributed by atoms with van der Waals surface area (Å²) in [5.74, 6) is -0.747. The first-order chi connectivity index (χ1) is 9.03. The van der Waals surface area contributed by atoms with Crippen LogP contribution in [0.2, 0.25) is 0 Å². The van der Waals surface area contributed by atoms with E-state index in [1.165, 1.54) is 30.2 Å². The zero-order valence-electron chi connectivity index (χ0n) is 11.2. The highest BCUT2D eigenvalue weighted by Gasteiger charge is 2.16. The largest absolute Gasteiger partial charge is 0.507 e.